The van der Waals surface area contributed by atoms with Crippen molar-refractivity contribution in [2.24, 2.45) is 23.7 Å². The monoisotopic (exact) mass is 440 g/mol. The van der Waals surface area contributed by atoms with Gasteiger partial charge in [0.05, 0.1) is 19.1 Å². The average Bonchev–Trinajstić information content (AvgIpc) is 2.73. The number of unbranched alkanes of at least 4 members (excludes halogenated alkanes) is 8. The summed E-state index contributed by atoms with van der Waals surface area (Å²) in [5.74, 6) is 1.29. The van der Waals surface area contributed by atoms with Gasteiger partial charge in [-0.05, 0) is 37.0 Å². The molecular weight excluding hydrogens is 388 g/mol. The highest BCUT2D eigenvalue weighted by Crippen LogP contribution is 2.27. The Morgan fingerprint density at radius 1 is 0.645 bits per heavy atom. The van der Waals surface area contributed by atoms with Gasteiger partial charge in [0, 0.05) is 6.42 Å². The van der Waals surface area contributed by atoms with Gasteiger partial charge in [0.2, 0.25) is 0 Å². The normalized spacial score (nSPS) is 13.4. The molecule has 0 radical (unpaired) electrons. The zero-order valence-corrected chi connectivity index (χ0v) is 21.5. The summed E-state index contributed by atoms with van der Waals surface area (Å²) in [7, 11) is 0. The molecule has 0 N–H and O–H groups in total. The molecule has 0 amide bonds. The van der Waals surface area contributed by atoms with Gasteiger partial charge < -0.3 is 9.47 Å². The molecule has 31 heavy (non-hydrogen) atoms. The Morgan fingerprint density at radius 2 is 1.13 bits per heavy atom. The summed E-state index contributed by atoms with van der Waals surface area (Å²) in [6.07, 6.45) is 14.5. The molecule has 0 rings (SSSR count). The molecule has 2 unspecified atom stereocenters. The zero-order chi connectivity index (χ0) is 23.5. The van der Waals surface area contributed by atoms with E-state index in [-0.39, 0.29) is 17.9 Å². The van der Waals surface area contributed by atoms with Gasteiger partial charge in [-0.25, -0.2) is 0 Å². The molecule has 0 saturated heterocycles. The summed E-state index contributed by atoms with van der Waals surface area (Å²) in [6.45, 7) is 13.7. The van der Waals surface area contributed by atoms with Crippen molar-refractivity contribution in [3.63, 3.8) is 0 Å². The van der Waals surface area contributed by atoms with Crippen molar-refractivity contribution < 1.29 is 19.1 Å². The highest BCUT2D eigenvalue weighted by molar-refractivity contribution is 5.72. The molecule has 4 heteroatoms. The Kier molecular flexibility index (Phi) is 18.9. The molecule has 0 spiro atoms. The number of hydrogen-bond donors (Lipinski definition) is 0. The van der Waals surface area contributed by atoms with E-state index >= 15 is 0 Å². The summed E-state index contributed by atoms with van der Waals surface area (Å²) in [5, 5.41) is 0. The molecule has 0 aromatic heterocycles. The minimum atomic E-state index is -0.0439. The number of rotatable bonds is 20. The first-order chi connectivity index (χ1) is 14.8. The summed E-state index contributed by atoms with van der Waals surface area (Å²) in [6, 6.07) is 0. The van der Waals surface area contributed by atoms with Crippen LogP contribution in [0.3, 0.4) is 0 Å². The van der Waals surface area contributed by atoms with Gasteiger partial charge in [0.25, 0.3) is 0 Å². The van der Waals surface area contributed by atoms with Gasteiger partial charge in [0.15, 0.2) is 0 Å². The Morgan fingerprint density at radius 3 is 1.61 bits per heavy atom. The van der Waals surface area contributed by atoms with Crippen molar-refractivity contribution in [2.75, 3.05) is 13.2 Å². The maximum absolute atomic E-state index is 12.4. The smallest absolute Gasteiger partial charge is 0.309 e. The fourth-order valence-corrected chi connectivity index (χ4v) is 3.98. The first kappa shape index (κ1) is 29.9. The summed E-state index contributed by atoms with van der Waals surface area (Å²) < 4.78 is 10.7. The quantitative estimate of drug-likeness (QED) is 0.143. The number of esters is 2. The summed E-state index contributed by atoms with van der Waals surface area (Å²) >= 11 is 0. The van der Waals surface area contributed by atoms with Crippen LogP contribution in [0.2, 0.25) is 0 Å². The maximum atomic E-state index is 12.4. The minimum absolute atomic E-state index is 0.0104. The van der Waals surface area contributed by atoms with E-state index in [4.69, 9.17) is 9.47 Å². The van der Waals surface area contributed by atoms with Crippen molar-refractivity contribution >= 4 is 11.9 Å². The third kappa shape index (κ3) is 17.2. The molecule has 0 heterocycles. The van der Waals surface area contributed by atoms with E-state index in [1.54, 1.807) is 0 Å². The lowest BCUT2D eigenvalue weighted by molar-refractivity contribution is -0.152. The zero-order valence-electron chi connectivity index (χ0n) is 21.5. The molecule has 0 aliphatic rings. The minimum Gasteiger partial charge on any atom is -0.465 e. The predicted octanol–water partition coefficient (Wildman–Crippen LogP) is 7.73. The highest BCUT2D eigenvalue weighted by Gasteiger charge is 2.26. The molecule has 0 fully saturated rings. The van der Waals surface area contributed by atoms with Crippen molar-refractivity contribution in [3.8, 4) is 0 Å². The molecule has 0 aliphatic carbocycles. The van der Waals surface area contributed by atoms with Crippen LogP contribution >= 0.6 is 0 Å². The molecular formula is C27H52O4. The summed E-state index contributed by atoms with van der Waals surface area (Å²) in [4.78, 5) is 24.0. The first-order valence-corrected chi connectivity index (χ1v) is 13.1. The lowest BCUT2D eigenvalue weighted by Gasteiger charge is -2.24. The first-order valence-electron chi connectivity index (χ1n) is 13.1. The van der Waals surface area contributed by atoms with E-state index in [9.17, 15) is 9.59 Å². The fraction of sp³-hybridized carbons (Fsp3) is 0.926. The van der Waals surface area contributed by atoms with E-state index in [0.717, 1.165) is 32.1 Å². The standard InChI is InChI=1S/C27H52O4/c1-7-24(25(8-2)27(29)31-21-23(5)6)18-16-14-12-10-9-11-13-15-17-19-26(28)30-20-22(3)4/h22-25H,7-21H2,1-6H3. The van der Waals surface area contributed by atoms with Crippen LogP contribution in [0.15, 0.2) is 0 Å². The van der Waals surface area contributed by atoms with Gasteiger partial charge in [-0.15, -0.1) is 0 Å². The second-order valence-corrected chi connectivity index (χ2v) is 10.0. The average molecular weight is 441 g/mol. The SMILES string of the molecule is CCC(CCCCCCCCCCCC(=O)OCC(C)C)C(CC)C(=O)OCC(C)C. The van der Waals surface area contributed by atoms with E-state index in [1.165, 1.54) is 44.9 Å². The van der Waals surface area contributed by atoms with E-state index in [2.05, 4.69) is 41.5 Å². The number of ether oxygens (including phenoxy) is 2. The van der Waals surface area contributed by atoms with E-state index in [0.29, 0.717) is 37.4 Å². The van der Waals surface area contributed by atoms with Crippen LogP contribution < -0.4 is 0 Å². The lowest BCUT2D eigenvalue weighted by Crippen LogP contribution is -2.26. The van der Waals surface area contributed by atoms with Crippen LogP contribution in [0.1, 0.15) is 125 Å². The van der Waals surface area contributed by atoms with Crippen LogP contribution in [0.5, 0.6) is 0 Å². The summed E-state index contributed by atoms with van der Waals surface area (Å²) in [5.41, 5.74) is 0. The molecule has 184 valence electrons. The van der Waals surface area contributed by atoms with Crippen LogP contribution in [-0.2, 0) is 19.1 Å². The predicted molar refractivity (Wildman–Crippen MR) is 130 cm³/mol. The maximum Gasteiger partial charge on any atom is 0.309 e. The molecule has 0 aromatic rings. The molecule has 0 aromatic carbocycles. The molecule has 0 saturated carbocycles. The number of carbonyl (C=O) groups is 2. The fourth-order valence-electron chi connectivity index (χ4n) is 3.98. The highest BCUT2D eigenvalue weighted by atomic mass is 16.5. The van der Waals surface area contributed by atoms with Crippen LogP contribution in [0.25, 0.3) is 0 Å². The van der Waals surface area contributed by atoms with E-state index in [1.807, 2.05) is 0 Å². The topological polar surface area (TPSA) is 52.6 Å². The van der Waals surface area contributed by atoms with Crippen molar-refractivity contribution in [3.05, 3.63) is 0 Å². The van der Waals surface area contributed by atoms with Gasteiger partial charge >= 0.3 is 11.9 Å². The Balaban J connectivity index is 3.72. The number of carbonyl (C=O) groups excluding carboxylic acids is 2. The second-order valence-electron chi connectivity index (χ2n) is 10.0. The van der Waals surface area contributed by atoms with Gasteiger partial charge in [-0.3, -0.25) is 9.59 Å². The third-order valence-corrected chi connectivity index (χ3v) is 5.93. The molecule has 4 nitrogen and oxygen atoms in total. The van der Waals surface area contributed by atoms with Gasteiger partial charge in [-0.1, -0.05) is 99.3 Å². The molecule has 2 atom stereocenters. The van der Waals surface area contributed by atoms with Crippen LogP contribution in [0.4, 0.5) is 0 Å². The Labute approximate surface area is 193 Å². The van der Waals surface area contributed by atoms with E-state index < -0.39 is 0 Å². The third-order valence-electron chi connectivity index (χ3n) is 5.93. The van der Waals surface area contributed by atoms with Crippen molar-refractivity contribution in [1.29, 1.82) is 0 Å². The van der Waals surface area contributed by atoms with Crippen molar-refractivity contribution in [1.82, 2.24) is 0 Å². The largest absolute Gasteiger partial charge is 0.465 e. The van der Waals surface area contributed by atoms with Gasteiger partial charge in [0.1, 0.15) is 0 Å². The lowest BCUT2D eigenvalue weighted by atomic mass is 9.84. The Hall–Kier alpha value is -1.06. The van der Waals surface area contributed by atoms with Crippen molar-refractivity contribution in [2.45, 2.75) is 125 Å². The second kappa shape index (κ2) is 19.6. The molecule has 0 aliphatic heterocycles. The Bertz CT molecular complexity index is 445. The van der Waals surface area contributed by atoms with Gasteiger partial charge in [-0.2, -0.15) is 0 Å². The molecule has 0 bridgehead atoms. The van der Waals surface area contributed by atoms with Crippen LogP contribution in [0, 0.1) is 23.7 Å². The van der Waals surface area contributed by atoms with Crippen LogP contribution in [-0.4, -0.2) is 25.2 Å². The number of hydrogen-bond acceptors (Lipinski definition) is 4.